The van der Waals surface area contributed by atoms with E-state index in [1.807, 2.05) is 45.8 Å². The molecule has 0 fully saturated rings. The zero-order valence-corrected chi connectivity index (χ0v) is 15.3. The number of nitrogens with one attached hydrogen (secondary N) is 2. The van der Waals surface area contributed by atoms with Crippen LogP contribution in [-0.4, -0.2) is 32.5 Å². The lowest BCUT2D eigenvalue weighted by Crippen LogP contribution is -2.35. The molecule has 2 N–H and O–H groups in total. The fourth-order valence-electron chi connectivity index (χ4n) is 2.00. The largest absolute Gasteiger partial charge is 0.375 e. The summed E-state index contributed by atoms with van der Waals surface area (Å²) in [5, 5.41) is 6.29. The summed E-state index contributed by atoms with van der Waals surface area (Å²) in [6, 6.07) is 5.41. The number of hydrogen-bond donors (Lipinski definition) is 2. The molecule has 128 valence electrons. The van der Waals surface area contributed by atoms with Crippen molar-refractivity contribution in [1.29, 1.82) is 0 Å². The SMILES string of the molecule is CN(C)c1c(Cl)cccc1NC(=O)CCCNC(=O)C(C)(C)C. The van der Waals surface area contributed by atoms with E-state index >= 15 is 0 Å². The summed E-state index contributed by atoms with van der Waals surface area (Å²) in [6.45, 7) is 6.06. The zero-order valence-electron chi connectivity index (χ0n) is 14.5. The maximum Gasteiger partial charge on any atom is 0.225 e. The van der Waals surface area contributed by atoms with Crippen molar-refractivity contribution in [3.63, 3.8) is 0 Å². The molecule has 2 amide bonds. The van der Waals surface area contributed by atoms with E-state index in [-0.39, 0.29) is 11.8 Å². The van der Waals surface area contributed by atoms with Crippen LogP contribution in [0, 0.1) is 5.41 Å². The molecule has 0 heterocycles. The van der Waals surface area contributed by atoms with E-state index in [1.165, 1.54) is 0 Å². The van der Waals surface area contributed by atoms with Gasteiger partial charge in [0.05, 0.1) is 16.4 Å². The molecule has 0 aliphatic heterocycles. The van der Waals surface area contributed by atoms with Crippen LogP contribution in [0.25, 0.3) is 0 Å². The summed E-state index contributed by atoms with van der Waals surface area (Å²) in [4.78, 5) is 25.6. The Morgan fingerprint density at radius 1 is 1.22 bits per heavy atom. The normalized spacial score (nSPS) is 11.0. The van der Waals surface area contributed by atoms with Crippen molar-refractivity contribution in [1.82, 2.24) is 5.32 Å². The van der Waals surface area contributed by atoms with E-state index in [1.54, 1.807) is 12.1 Å². The van der Waals surface area contributed by atoms with Crippen molar-refractivity contribution in [3.8, 4) is 0 Å². The van der Waals surface area contributed by atoms with Gasteiger partial charge < -0.3 is 15.5 Å². The first kappa shape index (κ1) is 19.3. The van der Waals surface area contributed by atoms with Crippen LogP contribution in [-0.2, 0) is 9.59 Å². The van der Waals surface area contributed by atoms with Crippen molar-refractivity contribution >= 4 is 34.8 Å². The van der Waals surface area contributed by atoms with Gasteiger partial charge in [-0.05, 0) is 18.6 Å². The number of carbonyl (C=O) groups is 2. The number of benzene rings is 1. The lowest BCUT2D eigenvalue weighted by atomic mass is 9.96. The zero-order chi connectivity index (χ0) is 17.6. The molecule has 0 spiro atoms. The monoisotopic (exact) mass is 339 g/mol. The third kappa shape index (κ3) is 6.10. The number of para-hydroxylation sites is 1. The van der Waals surface area contributed by atoms with Gasteiger partial charge in [0.15, 0.2) is 0 Å². The molecule has 0 saturated carbocycles. The van der Waals surface area contributed by atoms with Crippen molar-refractivity contribution in [2.45, 2.75) is 33.6 Å². The maximum absolute atomic E-state index is 12.1. The number of nitrogens with zero attached hydrogens (tertiary/aromatic N) is 1. The molecular formula is C17H26ClN3O2. The van der Waals surface area contributed by atoms with Crippen LogP contribution >= 0.6 is 11.6 Å². The average molecular weight is 340 g/mol. The quantitative estimate of drug-likeness (QED) is 0.782. The molecular weight excluding hydrogens is 314 g/mol. The highest BCUT2D eigenvalue weighted by Crippen LogP contribution is 2.32. The summed E-state index contributed by atoms with van der Waals surface area (Å²) in [5.41, 5.74) is 1.05. The lowest BCUT2D eigenvalue weighted by molar-refractivity contribution is -0.128. The van der Waals surface area contributed by atoms with E-state index < -0.39 is 5.41 Å². The Balaban J connectivity index is 2.50. The molecule has 0 saturated heterocycles. The van der Waals surface area contributed by atoms with Crippen LogP contribution in [0.15, 0.2) is 18.2 Å². The molecule has 5 nitrogen and oxygen atoms in total. The fraction of sp³-hybridized carbons (Fsp3) is 0.529. The highest BCUT2D eigenvalue weighted by atomic mass is 35.5. The number of halogens is 1. The number of amides is 2. The van der Waals surface area contributed by atoms with Crippen LogP contribution in [0.4, 0.5) is 11.4 Å². The van der Waals surface area contributed by atoms with Crippen LogP contribution in [0.2, 0.25) is 5.02 Å². The van der Waals surface area contributed by atoms with Gasteiger partial charge in [0.1, 0.15) is 0 Å². The predicted octanol–water partition coefficient (Wildman–Crippen LogP) is 3.29. The van der Waals surface area contributed by atoms with Gasteiger partial charge in [-0.25, -0.2) is 0 Å². The molecule has 6 heteroatoms. The Labute approximate surface area is 143 Å². The lowest BCUT2D eigenvalue weighted by Gasteiger charge is -2.19. The van der Waals surface area contributed by atoms with Gasteiger partial charge in [0, 0.05) is 32.5 Å². The third-order valence-electron chi connectivity index (χ3n) is 3.26. The first-order chi connectivity index (χ1) is 10.6. The van der Waals surface area contributed by atoms with Crippen molar-refractivity contribution in [2.24, 2.45) is 5.41 Å². The van der Waals surface area contributed by atoms with Gasteiger partial charge in [-0.3, -0.25) is 9.59 Å². The molecule has 1 aromatic rings. The Kier molecular flexibility index (Phi) is 6.88. The van der Waals surface area contributed by atoms with Gasteiger partial charge in [0.25, 0.3) is 0 Å². The van der Waals surface area contributed by atoms with Gasteiger partial charge in [-0.15, -0.1) is 0 Å². The topological polar surface area (TPSA) is 61.4 Å². The second kappa shape index (κ2) is 8.20. The molecule has 23 heavy (non-hydrogen) atoms. The molecule has 0 unspecified atom stereocenters. The van der Waals surface area contributed by atoms with Crippen LogP contribution in [0.5, 0.6) is 0 Å². The number of anilines is 2. The molecule has 0 radical (unpaired) electrons. The number of rotatable bonds is 6. The second-order valence-corrected chi connectivity index (χ2v) is 7.10. The van der Waals surface area contributed by atoms with Crippen molar-refractivity contribution in [2.75, 3.05) is 30.9 Å². The van der Waals surface area contributed by atoms with Crippen LogP contribution in [0.1, 0.15) is 33.6 Å². The second-order valence-electron chi connectivity index (χ2n) is 6.69. The highest BCUT2D eigenvalue weighted by Gasteiger charge is 2.20. The number of carbonyl (C=O) groups excluding carboxylic acids is 2. The van der Waals surface area contributed by atoms with E-state index in [2.05, 4.69) is 10.6 Å². The minimum atomic E-state index is -0.413. The molecule has 0 bridgehead atoms. The van der Waals surface area contributed by atoms with Crippen LogP contribution in [0.3, 0.4) is 0 Å². The summed E-state index contributed by atoms with van der Waals surface area (Å²) in [6.07, 6.45) is 0.926. The summed E-state index contributed by atoms with van der Waals surface area (Å²) >= 11 is 6.17. The average Bonchev–Trinajstić information content (AvgIpc) is 2.41. The Bertz CT molecular complexity index is 565. The smallest absolute Gasteiger partial charge is 0.225 e. The Hall–Kier alpha value is -1.75. The minimum Gasteiger partial charge on any atom is -0.375 e. The first-order valence-corrected chi connectivity index (χ1v) is 8.04. The molecule has 0 atom stereocenters. The van der Waals surface area contributed by atoms with Crippen molar-refractivity contribution < 1.29 is 9.59 Å². The molecule has 1 rings (SSSR count). The standard InChI is InChI=1S/C17H26ClN3O2/c1-17(2,3)16(23)19-11-7-10-14(22)20-13-9-6-8-12(18)15(13)21(4)5/h6,8-9H,7,10-11H2,1-5H3,(H,19,23)(H,20,22). The van der Waals surface area contributed by atoms with Gasteiger partial charge in [0.2, 0.25) is 11.8 Å². The Morgan fingerprint density at radius 2 is 1.87 bits per heavy atom. The van der Waals surface area contributed by atoms with E-state index in [9.17, 15) is 9.59 Å². The molecule has 0 aliphatic carbocycles. The van der Waals surface area contributed by atoms with Gasteiger partial charge in [-0.2, -0.15) is 0 Å². The van der Waals surface area contributed by atoms with Crippen molar-refractivity contribution in [3.05, 3.63) is 23.2 Å². The van der Waals surface area contributed by atoms with E-state index in [0.717, 1.165) is 5.69 Å². The first-order valence-electron chi connectivity index (χ1n) is 7.67. The van der Waals surface area contributed by atoms with E-state index in [0.29, 0.717) is 30.1 Å². The molecule has 0 aliphatic rings. The van der Waals surface area contributed by atoms with E-state index in [4.69, 9.17) is 11.6 Å². The summed E-state index contributed by atoms with van der Waals surface area (Å²) in [7, 11) is 3.75. The Morgan fingerprint density at radius 3 is 2.43 bits per heavy atom. The van der Waals surface area contributed by atoms with Gasteiger partial charge >= 0.3 is 0 Å². The van der Waals surface area contributed by atoms with Gasteiger partial charge in [-0.1, -0.05) is 38.4 Å². The molecule has 0 aromatic heterocycles. The summed E-state index contributed by atoms with van der Waals surface area (Å²) < 4.78 is 0. The van der Waals surface area contributed by atoms with Crippen LogP contribution < -0.4 is 15.5 Å². The minimum absolute atomic E-state index is 0.0114. The number of hydrogen-bond acceptors (Lipinski definition) is 3. The predicted molar refractivity (Wildman–Crippen MR) is 96.1 cm³/mol. The molecule has 1 aromatic carbocycles. The fourth-order valence-corrected chi connectivity index (χ4v) is 2.34. The highest BCUT2D eigenvalue weighted by molar-refractivity contribution is 6.34. The third-order valence-corrected chi connectivity index (χ3v) is 3.56. The maximum atomic E-state index is 12.1. The summed E-state index contributed by atoms with van der Waals surface area (Å²) in [5.74, 6) is -0.108.